The van der Waals surface area contributed by atoms with Gasteiger partial charge in [-0.2, -0.15) is 0 Å². The van der Waals surface area contributed by atoms with Gasteiger partial charge in [-0.15, -0.1) is 0 Å². The van der Waals surface area contributed by atoms with Crippen LogP contribution in [0.4, 0.5) is 0 Å². The van der Waals surface area contributed by atoms with Crippen molar-refractivity contribution >= 4 is 54.4 Å². The molecule has 10 rings (SSSR count). The van der Waals surface area contributed by atoms with Gasteiger partial charge in [-0.3, -0.25) is 0 Å². The summed E-state index contributed by atoms with van der Waals surface area (Å²) in [6.07, 6.45) is 0. The van der Waals surface area contributed by atoms with Gasteiger partial charge in [-0.25, -0.2) is 0 Å². The van der Waals surface area contributed by atoms with Gasteiger partial charge in [-0.1, -0.05) is 121 Å². The van der Waals surface area contributed by atoms with E-state index in [2.05, 4.69) is 191 Å². The highest BCUT2D eigenvalue weighted by Crippen LogP contribution is 2.43. The number of nitrogens with zero attached hydrogens (tertiary/aromatic N) is 2. The molecule has 0 atom stereocenters. The Balaban J connectivity index is 1.24. The third-order valence-electron chi connectivity index (χ3n) is 9.89. The Labute approximate surface area is 278 Å². The molecule has 0 spiro atoms. The molecule has 2 heterocycles. The molecule has 0 saturated carbocycles. The molecule has 2 aromatic heterocycles. The average Bonchev–Trinajstić information content (AvgIpc) is 3.68. The first-order valence-corrected chi connectivity index (χ1v) is 16.5. The maximum Gasteiger partial charge on any atom is 0.0548 e. The summed E-state index contributed by atoms with van der Waals surface area (Å²) in [6.45, 7) is 0. The lowest BCUT2D eigenvalue weighted by Gasteiger charge is -2.10. The molecule has 8 aromatic carbocycles. The van der Waals surface area contributed by atoms with Crippen LogP contribution in [0.3, 0.4) is 0 Å². The fourth-order valence-corrected chi connectivity index (χ4v) is 7.68. The Morgan fingerprint density at radius 2 is 0.771 bits per heavy atom. The summed E-state index contributed by atoms with van der Waals surface area (Å²) in [5.74, 6) is 0. The molecule has 0 amide bonds. The Kier molecular flexibility index (Phi) is 5.91. The standard InChI is InChI=1S/C46H30N2/c1-3-11-31(12-4-1)36-23-26-42-40(30-36)46-44(47(42)37-15-5-2-6-16-37)28-27-43-45(46)39-17-9-10-18-41(39)48(43)38-24-21-33(22-25-38)35-20-19-32-13-7-8-14-34(32)29-35/h1-30H. The van der Waals surface area contributed by atoms with E-state index in [-0.39, 0.29) is 0 Å². The predicted molar refractivity (Wildman–Crippen MR) is 203 cm³/mol. The summed E-state index contributed by atoms with van der Waals surface area (Å²) in [4.78, 5) is 0. The van der Waals surface area contributed by atoms with E-state index in [0.717, 1.165) is 11.4 Å². The molecule has 0 aliphatic heterocycles. The molecule has 0 aliphatic carbocycles. The number of fused-ring (bicyclic) bond motifs is 8. The Morgan fingerprint density at radius 3 is 1.54 bits per heavy atom. The maximum atomic E-state index is 2.43. The van der Waals surface area contributed by atoms with Crippen LogP contribution in [0, 0.1) is 0 Å². The van der Waals surface area contributed by atoms with Crippen LogP contribution in [0.2, 0.25) is 0 Å². The third kappa shape index (κ3) is 4.06. The van der Waals surface area contributed by atoms with E-state index in [1.54, 1.807) is 0 Å². The van der Waals surface area contributed by atoms with Gasteiger partial charge in [0.25, 0.3) is 0 Å². The van der Waals surface area contributed by atoms with Crippen molar-refractivity contribution in [1.82, 2.24) is 9.13 Å². The van der Waals surface area contributed by atoms with E-state index in [4.69, 9.17) is 0 Å². The zero-order valence-corrected chi connectivity index (χ0v) is 26.2. The lowest BCUT2D eigenvalue weighted by atomic mass is 10.0. The van der Waals surface area contributed by atoms with E-state index in [0.29, 0.717) is 0 Å². The van der Waals surface area contributed by atoms with Gasteiger partial charge in [-0.05, 0) is 93.7 Å². The maximum absolute atomic E-state index is 2.43. The number of benzene rings is 8. The largest absolute Gasteiger partial charge is 0.309 e. The molecule has 48 heavy (non-hydrogen) atoms. The van der Waals surface area contributed by atoms with Crippen molar-refractivity contribution in [3.05, 3.63) is 182 Å². The fourth-order valence-electron chi connectivity index (χ4n) is 7.68. The van der Waals surface area contributed by atoms with Crippen molar-refractivity contribution in [3.8, 4) is 33.6 Å². The lowest BCUT2D eigenvalue weighted by molar-refractivity contribution is 1.17. The smallest absolute Gasteiger partial charge is 0.0548 e. The summed E-state index contributed by atoms with van der Waals surface area (Å²) in [6, 6.07) is 66.2. The first-order valence-electron chi connectivity index (χ1n) is 16.5. The molecule has 0 radical (unpaired) electrons. The second kappa shape index (κ2) is 10.6. The second-order valence-corrected chi connectivity index (χ2v) is 12.6. The van der Waals surface area contributed by atoms with Crippen LogP contribution in [0.5, 0.6) is 0 Å². The number of hydrogen-bond donors (Lipinski definition) is 0. The normalized spacial score (nSPS) is 11.8. The van der Waals surface area contributed by atoms with Crippen molar-refractivity contribution in [2.24, 2.45) is 0 Å². The summed E-state index contributed by atoms with van der Waals surface area (Å²) < 4.78 is 4.85. The van der Waals surface area contributed by atoms with Gasteiger partial charge >= 0.3 is 0 Å². The number of para-hydroxylation sites is 2. The molecule has 0 N–H and O–H groups in total. The molecule has 2 nitrogen and oxygen atoms in total. The van der Waals surface area contributed by atoms with Crippen LogP contribution < -0.4 is 0 Å². The first-order chi connectivity index (χ1) is 23.8. The van der Waals surface area contributed by atoms with Gasteiger partial charge in [0.1, 0.15) is 0 Å². The minimum Gasteiger partial charge on any atom is -0.309 e. The van der Waals surface area contributed by atoms with Crippen molar-refractivity contribution in [1.29, 1.82) is 0 Å². The predicted octanol–water partition coefficient (Wildman–Crippen LogP) is 12.4. The summed E-state index contributed by atoms with van der Waals surface area (Å²) in [5, 5.41) is 7.61. The van der Waals surface area contributed by atoms with Crippen LogP contribution >= 0.6 is 0 Å². The first kappa shape index (κ1) is 26.8. The van der Waals surface area contributed by atoms with Crippen LogP contribution in [0.25, 0.3) is 88.0 Å². The molecule has 2 heteroatoms. The van der Waals surface area contributed by atoms with Crippen molar-refractivity contribution in [3.63, 3.8) is 0 Å². The zero-order valence-electron chi connectivity index (χ0n) is 26.2. The number of hydrogen-bond acceptors (Lipinski definition) is 0. The van der Waals surface area contributed by atoms with E-state index >= 15 is 0 Å². The monoisotopic (exact) mass is 610 g/mol. The summed E-state index contributed by atoms with van der Waals surface area (Å²) in [5.41, 5.74) is 12.0. The minimum atomic E-state index is 1.15. The van der Waals surface area contributed by atoms with Gasteiger partial charge < -0.3 is 9.13 Å². The number of aromatic nitrogens is 2. The van der Waals surface area contributed by atoms with E-state index in [1.165, 1.54) is 76.6 Å². The summed E-state index contributed by atoms with van der Waals surface area (Å²) in [7, 11) is 0. The molecule has 0 aliphatic rings. The summed E-state index contributed by atoms with van der Waals surface area (Å²) >= 11 is 0. The van der Waals surface area contributed by atoms with Crippen LogP contribution in [-0.2, 0) is 0 Å². The SMILES string of the molecule is c1ccc(-c2ccc3c(c2)c2c4c5ccccc5n(-c5ccc(-c6ccc7ccccc7c6)cc5)c4ccc2n3-c2ccccc2)cc1. The molecular formula is C46H30N2. The molecule has 0 fully saturated rings. The van der Waals surface area contributed by atoms with Gasteiger partial charge in [0.2, 0.25) is 0 Å². The Hall–Kier alpha value is -6.38. The molecule has 0 bridgehead atoms. The average molecular weight is 611 g/mol. The minimum absolute atomic E-state index is 1.15. The molecule has 0 saturated heterocycles. The quantitative estimate of drug-likeness (QED) is 0.188. The third-order valence-corrected chi connectivity index (χ3v) is 9.89. The van der Waals surface area contributed by atoms with Crippen LogP contribution in [0.1, 0.15) is 0 Å². The fraction of sp³-hybridized carbons (Fsp3) is 0. The van der Waals surface area contributed by atoms with Crippen molar-refractivity contribution in [2.45, 2.75) is 0 Å². The highest BCUT2D eigenvalue weighted by Gasteiger charge is 2.21. The van der Waals surface area contributed by atoms with Crippen molar-refractivity contribution < 1.29 is 0 Å². The molecule has 0 unspecified atom stereocenters. The van der Waals surface area contributed by atoms with Crippen LogP contribution in [0.15, 0.2) is 182 Å². The van der Waals surface area contributed by atoms with E-state index in [9.17, 15) is 0 Å². The molecular weight excluding hydrogens is 581 g/mol. The Morgan fingerprint density at radius 1 is 0.271 bits per heavy atom. The number of rotatable bonds is 4. The topological polar surface area (TPSA) is 9.86 Å². The Bertz CT molecular complexity index is 2800. The van der Waals surface area contributed by atoms with Gasteiger partial charge in [0.15, 0.2) is 0 Å². The highest BCUT2D eigenvalue weighted by atomic mass is 15.0. The zero-order chi connectivity index (χ0) is 31.6. The molecule has 10 aromatic rings. The van der Waals surface area contributed by atoms with E-state index in [1.807, 2.05) is 0 Å². The highest BCUT2D eigenvalue weighted by molar-refractivity contribution is 6.29. The molecule has 224 valence electrons. The van der Waals surface area contributed by atoms with Gasteiger partial charge in [0.05, 0.1) is 22.1 Å². The second-order valence-electron chi connectivity index (χ2n) is 12.6. The lowest BCUT2D eigenvalue weighted by Crippen LogP contribution is -1.94. The van der Waals surface area contributed by atoms with Crippen LogP contribution in [-0.4, -0.2) is 9.13 Å². The van der Waals surface area contributed by atoms with Crippen molar-refractivity contribution in [2.75, 3.05) is 0 Å². The van der Waals surface area contributed by atoms with E-state index < -0.39 is 0 Å². The van der Waals surface area contributed by atoms with Gasteiger partial charge in [0, 0.05) is 32.9 Å².